The Morgan fingerprint density at radius 1 is 1.45 bits per heavy atom. The number of sulfonamides is 1. The Hall–Kier alpha value is -0.500. The van der Waals surface area contributed by atoms with Crippen molar-refractivity contribution in [2.45, 2.75) is 30.3 Å². The maximum atomic E-state index is 13.5. The molecule has 0 saturated carbocycles. The summed E-state index contributed by atoms with van der Waals surface area (Å²) in [6, 6.07) is 3.81. The lowest BCUT2D eigenvalue weighted by atomic mass is 10.1. The highest BCUT2D eigenvalue weighted by atomic mass is 79.9. The molecule has 0 bridgehead atoms. The summed E-state index contributed by atoms with van der Waals surface area (Å²) in [5.41, 5.74) is 0. The molecule has 112 valence electrons. The molecule has 4 nitrogen and oxygen atoms in total. The second-order valence-corrected chi connectivity index (χ2v) is 7.75. The Morgan fingerprint density at radius 2 is 2.20 bits per heavy atom. The third kappa shape index (κ3) is 3.58. The quantitative estimate of drug-likeness (QED) is 0.823. The van der Waals surface area contributed by atoms with Crippen LogP contribution in [0.2, 0.25) is 0 Å². The Morgan fingerprint density at radius 3 is 2.80 bits per heavy atom. The first-order chi connectivity index (χ1) is 9.41. The first-order valence-corrected chi connectivity index (χ1v) is 8.67. The average Bonchev–Trinajstić information content (AvgIpc) is 2.42. The molecule has 1 unspecified atom stereocenters. The van der Waals surface area contributed by atoms with Gasteiger partial charge in [-0.05, 0) is 53.4 Å². The Bertz CT molecular complexity index is 573. The molecule has 1 aromatic rings. The second kappa shape index (κ2) is 6.51. The highest BCUT2D eigenvalue weighted by molar-refractivity contribution is 9.10. The van der Waals surface area contributed by atoms with Crippen molar-refractivity contribution in [1.29, 1.82) is 0 Å². The minimum atomic E-state index is -3.69. The molecular weight excluding hydrogens is 349 g/mol. The number of halogens is 2. The Labute approximate surface area is 127 Å². The summed E-state index contributed by atoms with van der Waals surface area (Å²) < 4.78 is 45.2. The zero-order valence-electron chi connectivity index (χ0n) is 11.2. The molecule has 1 aromatic carbocycles. The lowest BCUT2D eigenvalue weighted by molar-refractivity contribution is 0.00858. The van der Waals surface area contributed by atoms with Crippen LogP contribution in [0.25, 0.3) is 0 Å². The predicted octanol–water partition coefficient (Wildman–Crippen LogP) is 2.78. The van der Waals surface area contributed by atoms with Gasteiger partial charge in [0.25, 0.3) is 0 Å². The van der Waals surface area contributed by atoms with Gasteiger partial charge >= 0.3 is 0 Å². The van der Waals surface area contributed by atoms with E-state index >= 15 is 0 Å². The van der Waals surface area contributed by atoms with E-state index < -0.39 is 15.8 Å². The van der Waals surface area contributed by atoms with Gasteiger partial charge in [0.1, 0.15) is 5.82 Å². The Kier molecular flexibility index (Phi) is 5.17. The highest BCUT2D eigenvalue weighted by Gasteiger charge is 2.25. The van der Waals surface area contributed by atoms with E-state index in [1.807, 2.05) is 0 Å². The van der Waals surface area contributed by atoms with Gasteiger partial charge in [0.15, 0.2) is 0 Å². The fourth-order valence-electron chi connectivity index (χ4n) is 2.15. The van der Waals surface area contributed by atoms with E-state index in [0.717, 1.165) is 25.3 Å². The van der Waals surface area contributed by atoms with E-state index in [9.17, 15) is 12.8 Å². The third-order valence-electron chi connectivity index (χ3n) is 3.33. The zero-order valence-corrected chi connectivity index (χ0v) is 13.6. The molecule has 0 radical (unpaired) electrons. The maximum Gasteiger partial charge on any atom is 0.243 e. The van der Waals surface area contributed by atoms with Gasteiger partial charge in [0, 0.05) is 20.2 Å². The average molecular weight is 366 g/mol. The number of hydrogen-bond acceptors (Lipinski definition) is 3. The van der Waals surface area contributed by atoms with Crippen molar-refractivity contribution in [3.8, 4) is 0 Å². The van der Waals surface area contributed by atoms with E-state index in [0.29, 0.717) is 13.2 Å². The summed E-state index contributed by atoms with van der Waals surface area (Å²) >= 11 is 3.01. The lowest BCUT2D eigenvalue weighted by Crippen LogP contribution is -2.37. The standard InChI is InChI=1S/C13H17BrFNO3S/c1-16(9-10-4-2-3-7-19-10)20(17,18)11-5-6-12(14)13(15)8-11/h5-6,8,10H,2-4,7,9H2,1H3. The lowest BCUT2D eigenvalue weighted by Gasteiger charge is -2.27. The van der Waals surface area contributed by atoms with Gasteiger partial charge in [-0.3, -0.25) is 0 Å². The van der Waals surface area contributed by atoms with Crippen LogP contribution in [0.5, 0.6) is 0 Å². The first kappa shape index (κ1) is 15.9. The number of ether oxygens (including phenoxy) is 1. The first-order valence-electron chi connectivity index (χ1n) is 6.44. The van der Waals surface area contributed by atoms with Gasteiger partial charge in [0.2, 0.25) is 10.0 Å². The van der Waals surface area contributed by atoms with Crippen molar-refractivity contribution < 1.29 is 17.5 Å². The molecule has 1 aliphatic heterocycles. The molecule has 0 spiro atoms. The molecular formula is C13H17BrFNO3S. The van der Waals surface area contributed by atoms with Crippen molar-refractivity contribution in [3.05, 3.63) is 28.5 Å². The van der Waals surface area contributed by atoms with Crippen molar-refractivity contribution in [3.63, 3.8) is 0 Å². The second-order valence-electron chi connectivity index (χ2n) is 4.85. The smallest absolute Gasteiger partial charge is 0.243 e. The van der Waals surface area contributed by atoms with Crippen LogP contribution in [0, 0.1) is 5.82 Å². The predicted molar refractivity (Wildman–Crippen MR) is 77.5 cm³/mol. The summed E-state index contributed by atoms with van der Waals surface area (Å²) in [6.45, 7) is 0.964. The van der Waals surface area contributed by atoms with Gasteiger partial charge < -0.3 is 4.74 Å². The highest BCUT2D eigenvalue weighted by Crippen LogP contribution is 2.22. The summed E-state index contributed by atoms with van der Waals surface area (Å²) in [5.74, 6) is -0.589. The van der Waals surface area contributed by atoms with E-state index in [1.54, 1.807) is 0 Å². The fraction of sp³-hybridized carbons (Fsp3) is 0.538. The normalized spacial score (nSPS) is 20.3. The van der Waals surface area contributed by atoms with Gasteiger partial charge in [0.05, 0.1) is 15.5 Å². The van der Waals surface area contributed by atoms with E-state index in [4.69, 9.17) is 4.74 Å². The van der Waals surface area contributed by atoms with Crippen molar-refractivity contribution in [2.75, 3.05) is 20.2 Å². The van der Waals surface area contributed by atoms with E-state index in [-0.39, 0.29) is 15.5 Å². The number of hydrogen-bond donors (Lipinski definition) is 0. The Balaban J connectivity index is 2.13. The van der Waals surface area contributed by atoms with E-state index in [2.05, 4.69) is 15.9 Å². The number of benzene rings is 1. The molecule has 0 N–H and O–H groups in total. The van der Waals surface area contributed by atoms with Gasteiger partial charge in [-0.15, -0.1) is 0 Å². The molecule has 7 heteroatoms. The number of likely N-dealkylation sites (N-methyl/N-ethyl adjacent to an activating group) is 1. The maximum absolute atomic E-state index is 13.5. The molecule has 20 heavy (non-hydrogen) atoms. The molecule has 1 heterocycles. The molecule has 0 aliphatic carbocycles. The van der Waals surface area contributed by atoms with Gasteiger partial charge in [-0.1, -0.05) is 0 Å². The van der Waals surface area contributed by atoms with Crippen molar-refractivity contribution >= 4 is 26.0 Å². The molecule has 1 saturated heterocycles. The van der Waals surface area contributed by atoms with Crippen molar-refractivity contribution in [2.24, 2.45) is 0 Å². The minimum Gasteiger partial charge on any atom is -0.377 e. The molecule has 2 rings (SSSR count). The molecule has 1 atom stereocenters. The van der Waals surface area contributed by atoms with Gasteiger partial charge in [-0.2, -0.15) is 4.31 Å². The number of rotatable bonds is 4. The SMILES string of the molecule is CN(CC1CCCCO1)S(=O)(=O)c1ccc(Br)c(F)c1. The topological polar surface area (TPSA) is 46.6 Å². The fourth-order valence-corrected chi connectivity index (χ4v) is 3.61. The largest absolute Gasteiger partial charge is 0.377 e. The molecule has 1 aliphatic rings. The summed E-state index contributed by atoms with van der Waals surface area (Å²) in [4.78, 5) is -0.0449. The summed E-state index contributed by atoms with van der Waals surface area (Å²) in [6.07, 6.45) is 2.84. The van der Waals surface area contributed by atoms with E-state index in [1.165, 1.54) is 23.5 Å². The van der Waals surface area contributed by atoms with Crippen LogP contribution in [0.3, 0.4) is 0 Å². The molecule has 1 fully saturated rings. The van der Waals surface area contributed by atoms with Crippen molar-refractivity contribution in [1.82, 2.24) is 4.31 Å². The van der Waals surface area contributed by atoms with Crippen LogP contribution in [-0.2, 0) is 14.8 Å². The van der Waals surface area contributed by atoms with Crippen LogP contribution >= 0.6 is 15.9 Å². The van der Waals surface area contributed by atoms with Crippen LogP contribution in [0.1, 0.15) is 19.3 Å². The molecule has 0 aromatic heterocycles. The summed E-state index contributed by atoms with van der Waals surface area (Å²) in [7, 11) is -2.19. The van der Waals surface area contributed by atoms with Crippen LogP contribution < -0.4 is 0 Å². The van der Waals surface area contributed by atoms with Crippen LogP contribution in [0.15, 0.2) is 27.6 Å². The monoisotopic (exact) mass is 365 g/mol. The zero-order chi connectivity index (χ0) is 14.8. The minimum absolute atomic E-state index is 0.0449. The van der Waals surface area contributed by atoms with Gasteiger partial charge in [-0.25, -0.2) is 12.8 Å². The summed E-state index contributed by atoms with van der Waals surface area (Å²) in [5, 5.41) is 0. The van der Waals surface area contributed by atoms with Crippen LogP contribution in [0.4, 0.5) is 4.39 Å². The number of nitrogens with zero attached hydrogens (tertiary/aromatic N) is 1. The third-order valence-corrected chi connectivity index (χ3v) is 5.80. The van der Waals surface area contributed by atoms with Crippen LogP contribution in [-0.4, -0.2) is 39.0 Å². The molecule has 0 amide bonds.